The van der Waals surface area contributed by atoms with Crippen LogP contribution in [0.5, 0.6) is 0 Å². The van der Waals surface area contributed by atoms with Crippen LogP contribution in [-0.4, -0.2) is 38.1 Å². The van der Waals surface area contributed by atoms with Gasteiger partial charge in [0.2, 0.25) is 0 Å². The Morgan fingerprint density at radius 1 is 1.19 bits per heavy atom. The molecule has 2 rings (SSSR count). The second-order valence-corrected chi connectivity index (χ2v) is 5.80. The molecule has 1 aromatic carbocycles. The van der Waals surface area contributed by atoms with Gasteiger partial charge in [-0.15, -0.1) is 18.1 Å². The van der Waals surface area contributed by atoms with Gasteiger partial charge >= 0.3 is 58.4 Å². The summed E-state index contributed by atoms with van der Waals surface area (Å²) >= 11 is 4.21. The van der Waals surface area contributed by atoms with Crippen LogP contribution in [0.25, 0.3) is 0 Å². The van der Waals surface area contributed by atoms with Gasteiger partial charge < -0.3 is 18.3 Å². The molecule has 0 atom stereocenters. The van der Waals surface area contributed by atoms with E-state index in [1.165, 1.54) is 6.92 Å². The first-order valence-electron chi connectivity index (χ1n) is 6.75. The maximum absolute atomic E-state index is 13.3. The topological polar surface area (TPSA) is 15.3 Å². The zero-order valence-corrected chi connectivity index (χ0v) is 16.7. The third kappa shape index (κ3) is 4.97. The minimum atomic E-state index is -5.00. The van der Waals surface area contributed by atoms with Crippen LogP contribution in [0.4, 0.5) is 12.9 Å². The minimum absolute atomic E-state index is 0. The molecule has 0 spiro atoms. The van der Waals surface area contributed by atoms with Gasteiger partial charge in [0, 0.05) is 37.6 Å². The maximum Gasteiger partial charge on any atom is 1.00 e. The molecule has 1 saturated heterocycles. The third-order valence-electron chi connectivity index (χ3n) is 3.92. The van der Waals surface area contributed by atoms with Crippen molar-refractivity contribution in [2.45, 2.75) is 25.3 Å². The van der Waals surface area contributed by atoms with Crippen molar-refractivity contribution in [1.29, 1.82) is 0 Å². The predicted octanol–water partition coefficient (Wildman–Crippen LogP) is -0.944. The summed E-state index contributed by atoms with van der Waals surface area (Å²) in [6.45, 7) is 2.11. The summed E-state index contributed by atoms with van der Waals surface area (Å²) in [7, 11) is 0. The normalized spacial score (nSPS) is 16.7. The molecule has 21 heavy (non-hydrogen) atoms. The molecular weight excluding hydrogens is 323 g/mol. The van der Waals surface area contributed by atoms with E-state index in [9.17, 15) is 12.9 Å². The van der Waals surface area contributed by atoms with E-state index >= 15 is 0 Å². The van der Waals surface area contributed by atoms with Crippen molar-refractivity contribution in [3.8, 4) is 0 Å². The van der Waals surface area contributed by atoms with E-state index in [1.807, 2.05) is 0 Å². The zero-order chi connectivity index (χ0) is 14.9. The molecule has 1 heterocycles. The molecule has 2 nitrogen and oxygen atoms in total. The molecule has 1 aliphatic rings. The Balaban J connectivity index is 0.00000220. The average molecular weight is 342 g/mol. The van der Waals surface area contributed by atoms with Gasteiger partial charge in [-0.25, -0.2) is 0 Å². The maximum atomic E-state index is 13.3. The first-order chi connectivity index (χ1) is 9.30. The van der Waals surface area contributed by atoms with Crippen LogP contribution in [0.1, 0.15) is 16.7 Å². The summed E-state index contributed by atoms with van der Waals surface area (Å²) in [5, 5.41) is 3.24. The minimum Gasteiger partial charge on any atom is -0.445 e. The van der Waals surface area contributed by atoms with E-state index in [-0.39, 0.29) is 56.9 Å². The van der Waals surface area contributed by atoms with Gasteiger partial charge in [0.1, 0.15) is 0 Å². The molecule has 0 aliphatic carbocycles. The van der Waals surface area contributed by atoms with Gasteiger partial charge in [0.25, 0.3) is 0 Å². The Kier molecular flexibility index (Phi) is 7.81. The third-order valence-corrected chi connectivity index (χ3v) is 4.38. The van der Waals surface area contributed by atoms with Crippen LogP contribution in [0.2, 0.25) is 0 Å². The van der Waals surface area contributed by atoms with Crippen LogP contribution in [-0.2, 0) is 6.54 Å². The summed E-state index contributed by atoms with van der Waals surface area (Å²) in [6.07, 6.45) is 0. The van der Waals surface area contributed by atoms with Gasteiger partial charge in [-0.1, -0.05) is 11.1 Å². The number of piperazine rings is 1. The van der Waals surface area contributed by atoms with Gasteiger partial charge in [0.15, 0.2) is 0 Å². The average Bonchev–Trinajstić information content (AvgIpc) is 2.36. The fourth-order valence-corrected chi connectivity index (χ4v) is 3.02. The van der Waals surface area contributed by atoms with Crippen molar-refractivity contribution in [3.05, 3.63) is 22.8 Å². The molecule has 8 heteroatoms. The van der Waals surface area contributed by atoms with Crippen LogP contribution >= 0.6 is 12.6 Å². The van der Waals surface area contributed by atoms with Crippen molar-refractivity contribution in [2.24, 2.45) is 0 Å². The first kappa shape index (κ1) is 20.0. The van der Waals surface area contributed by atoms with Crippen LogP contribution in [0.15, 0.2) is 11.0 Å². The fourth-order valence-electron chi connectivity index (χ4n) is 2.74. The number of nitrogens with zero attached hydrogens (tertiary/aromatic N) is 1. The molecule has 0 aromatic heterocycles. The molecule has 1 fully saturated rings. The van der Waals surface area contributed by atoms with E-state index in [1.54, 1.807) is 13.0 Å². The Labute approximate surface area is 172 Å². The summed E-state index contributed by atoms with van der Waals surface area (Å²) < 4.78 is 39.8. The summed E-state index contributed by atoms with van der Waals surface area (Å²) in [4.78, 5) is 2.60. The standard InChI is InChI=1S/C13H19BF3N2S.K/c1-9-11(8-19-5-3-18-4-6-19)7-12(20)10(2)13(9)14(15,16)17;/h7,18,20H,3-6,8H2,1-2H3;/q-1;+1. The van der Waals surface area contributed by atoms with Crippen molar-refractivity contribution in [1.82, 2.24) is 10.2 Å². The number of nitrogens with one attached hydrogen (secondary N) is 1. The molecule has 1 aliphatic heterocycles. The summed E-state index contributed by atoms with van der Waals surface area (Å²) in [5.41, 5.74) is 0.855. The van der Waals surface area contributed by atoms with Crippen molar-refractivity contribution >= 4 is 25.1 Å². The van der Waals surface area contributed by atoms with E-state index < -0.39 is 12.4 Å². The Hall–Kier alpha value is 0.981. The number of benzene rings is 1. The van der Waals surface area contributed by atoms with E-state index in [0.29, 0.717) is 17.0 Å². The molecular formula is C13H19BF3KN2S. The number of hydrogen-bond donors (Lipinski definition) is 2. The molecule has 0 bridgehead atoms. The molecule has 1 aromatic rings. The number of halogens is 3. The van der Waals surface area contributed by atoms with E-state index in [4.69, 9.17) is 0 Å². The zero-order valence-electron chi connectivity index (χ0n) is 12.7. The Morgan fingerprint density at radius 2 is 1.76 bits per heavy atom. The van der Waals surface area contributed by atoms with Crippen molar-refractivity contribution in [2.75, 3.05) is 26.2 Å². The van der Waals surface area contributed by atoms with Gasteiger partial charge in [-0.2, -0.15) is 0 Å². The molecule has 0 amide bonds. The van der Waals surface area contributed by atoms with E-state index in [2.05, 4.69) is 22.8 Å². The second-order valence-electron chi connectivity index (χ2n) is 5.32. The Bertz CT molecular complexity index is 505. The first-order valence-corrected chi connectivity index (χ1v) is 7.20. The van der Waals surface area contributed by atoms with Crippen molar-refractivity contribution in [3.63, 3.8) is 0 Å². The SMILES string of the molecule is Cc1c(S)cc(CN2CCNCC2)c(C)c1[B-](F)(F)F.[K+]. The van der Waals surface area contributed by atoms with Gasteiger partial charge in [0.05, 0.1) is 0 Å². The van der Waals surface area contributed by atoms with Crippen LogP contribution in [0, 0.1) is 13.8 Å². The number of rotatable bonds is 3. The predicted molar refractivity (Wildman–Crippen MR) is 80.0 cm³/mol. The van der Waals surface area contributed by atoms with Crippen molar-refractivity contribution < 1.29 is 64.3 Å². The van der Waals surface area contributed by atoms with Gasteiger partial charge in [-0.3, -0.25) is 4.90 Å². The fraction of sp³-hybridized carbons (Fsp3) is 0.538. The molecule has 0 radical (unpaired) electrons. The summed E-state index contributed by atoms with van der Waals surface area (Å²) in [6, 6.07) is 1.78. The summed E-state index contributed by atoms with van der Waals surface area (Å²) in [5.74, 6) is 0. The Morgan fingerprint density at radius 3 is 2.29 bits per heavy atom. The van der Waals surface area contributed by atoms with Gasteiger partial charge in [-0.05, 0) is 25.5 Å². The number of hydrogen-bond acceptors (Lipinski definition) is 3. The largest absolute Gasteiger partial charge is 1.00 e. The molecule has 1 N–H and O–H groups in total. The monoisotopic (exact) mass is 342 g/mol. The van der Waals surface area contributed by atoms with Crippen LogP contribution in [0.3, 0.4) is 0 Å². The smallest absolute Gasteiger partial charge is 0.445 e. The molecule has 112 valence electrons. The molecule has 0 saturated carbocycles. The van der Waals surface area contributed by atoms with E-state index in [0.717, 1.165) is 31.7 Å². The molecule has 0 unspecified atom stereocenters. The number of thiol groups is 1. The second kappa shape index (κ2) is 8.19. The van der Waals surface area contributed by atoms with Crippen LogP contribution < -0.4 is 62.2 Å². The quantitative estimate of drug-likeness (QED) is 0.544.